The van der Waals surface area contributed by atoms with Crippen LogP contribution in [0, 0.1) is 0 Å². The van der Waals surface area contributed by atoms with Crippen molar-refractivity contribution in [3.63, 3.8) is 0 Å². The highest BCUT2D eigenvalue weighted by molar-refractivity contribution is 5.99. The minimum atomic E-state index is -4.50. The topological polar surface area (TPSA) is 59.0 Å². The minimum absolute atomic E-state index is 0.0951. The smallest absolute Gasteiger partial charge is 0.363 e. The molecule has 0 aliphatic carbocycles. The number of halogens is 3. The Labute approximate surface area is 216 Å². The van der Waals surface area contributed by atoms with Gasteiger partial charge in [-0.15, -0.1) is 0 Å². The maximum Gasteiger partial charge on any atom is 0.410 e. The number of amides is 1. The lowest BCUT2D eigenvalue weighted by atomic mass is 9.83. The van der Waals surface area contributed by atoms with E-state index in [4.69, 9.17) is 0 Å². The van der Waals surface area contributed by atoms with Crippen molar-refractivity contribution in [2.45, 2.75) is 83.1 Å². The fourth-order valence-corrected chi connectivity index (χ4v) is 5.23. The highest BCUT2D eigenvalue weighted by Crippen LogP contribution is 2.44. The van der Waals surface area contributed by atoms with Gasteiger partial charge < -0.3 is 10.6 Å². The van der Waals surface area contributed by atoms with Gasteiger partial charge >= 0.3 is 6.18 Å². The molecular formula is C29H35F3N4O. The highest BCUT2D eigenvalue weighted by Gasteiger charge is 2.47. The number of aromatic nitrogens is 2. The Balaban J connectivity index is 1.68. The average Bonchev–Trinajstić information content (AvgIpc) is 3.34. The van der Waals surface area contributed by atoms with E-state index >= 15 is 0 Å². The zero-order valence-corrected chi connectivity index (χ0v) is 21.6. The predicted molar refractivity (Wildman–Crippen MR) is 140 cm³/mol. The maximum atomic E-state index is 14.1. The van der Waals surface area contributed by atoms with Crippen LogP contribution in [-0.2, 0) is 12.0 Å². The summed E-state index contributed by atoms with van der Waals surface area (Å²) < 4.78 is 43.1. The summed E-state index contributed by atoms with van der Waals surface area (Å²) in [6.07, 6.45) is 0.956. The van der Waals surface area contributed by atoms with E-state index in [1.54, 1.807) is 24.3 Å². The SMILES string of the molecule is CCCCc1cccc(C(CC)(CC)NC(=O)c2cnn3c2NC(c2ccccc2)CC3C(F)(F)F)c1. The summed E-state index contributed by atoms with van der Waals surface area (Å²) >= 11 is 0. The molecule has 8 heteroatoms. The van der Waals surface area contributed by atoms with Crippen molar-refractivity contribution in [1.29, 1.82) is 0 Å². The van der Waals surface area contributed by atoms with Gasteiger partial charge in [0.15, 0.2) is 6.04 Å². The van der Waals surface area contributed by atoms with Crippen LogP contribution in [0.5, 0.6) is 0 Å². The van der Waals surface area contributed by atoms with E-state index in [1.807, 2.05) is 32.0 Å². The van der Waals surface area contributed by atoms with Gasteiger partial charge in [0, 0.05) is 6.42 Å². The molecule has 2 unspecified atom stereocenters. The van der Waals surface area contributed by atoms with Gasteiger partial charge in [-0.2, -0.15) is 18.3 Å². The Morgan fingerprint density at radius 2 is 1.81 bits per heavy atom. The van der Waals surface area contributed by atoms with Gasteiger partial charge in [-0.05, 0) is 42.4 Å². The van der Waals surface area contributed by atoms with Gasteiger partial charge in [0.2, 0.25) is 0 Å². The van der Waals surface area contributed by atoms with Crippen molar-refractivity contribution in [3.05, 3.63) is 83.0 Å². The van der Waals surface area contributed by atoms with E-state index in [1.165, 1.54) is 11.8 Å². The first-order valence-corrected chi connectivity index (χ1v) is 13.1. The van der Waals surface area contributed by atoms with Crippen molar-refractivity contribution in [1.82, 2.24) is 15.1 Å². The van der Waals surface area contributed by atoms with Crippen LogP contribution < -0.4 is 10.6 Å². The maximum absolute atomic E-state index is 14.1. The molecule has 0 spiro atoms. The van der Waals surface area contributed by atoms with Crippen LogP contribution >= 0.6 is 0 Å². The molecule has 2 N–H and O–H groups in total. The molecular weight excluding hydrogens is 477 g/mol. The average molecular weight is 513 g/mol. The number of anilines is 1. The number of rotatable bonds is 9. The lowest BCUT2D eigenvalue weighted by molar-refractivity contribution is -0.173. The second kappa shape index (κ2) is 11.0. The summed E-state index contributed by atoms with van der Waals surface area (Å²) in [6.45, 7) is 6.18. The Morgan fingerprint density at radius 1 is 1.08 bits per heavy atom. The van der Waals surface area contributed by atoms with Gasteiger partial charge in [0.25, 0.3) is 5.91 Å². The van der Waals surface area contributed by atoms with Crippen molar-refractivity contribution < 1.29 is 18.0 Å². The molecule has 3 aromatic rings. The molecule has 0 fully saturated rings. The summed E-state index contributed by atoms with van der Waals surface area (Å²) in [4.78, 5) is 13.7. The van der Waals surface area contributed by atoms with E-state index in [-0.39, 0.29) is 17.8 Å². The molecule has 0 saturated carbocycles. The molecule has 37 heavy (non-hydrogen) atoms. The highest BCUT2D eigenvalue weighted by atomic mass is 19.4. The number of nitrogens with zero attached hydrogens (tertiary/aromatic N) is 2. The van der Waals surface area contributed by atoms with Crippen molar-refractivity contribution in [3.8, 4) is 0 Å². The number of alkyl halides is 3. The van der Waals surface area contributed by atoms with Crippen LogP contribution in [0.15, 0.2) is 60.8 Å². The van der Waals surface area contributed by atoms with Crippen LogP contribution in [0.4, 0.5) is 19.0 Å². The van der Waals surface area contributed by atoms with Crippen LogP contribution in [-0.4, -0.2) is 21.9 Å². The molecule has 0 saturated heterocycles. The number of carbonyl (C=O) groups is 1. The summed E-state index contributed by atoms with van der Waals surface area (Å²) in [5, 5.41) is 10.4. The van der Waals surface area contributed by atoms with Gasteiger partial charge in [-0.25, -0.2) is 4.68 Å². The first-order chi connectivity index (χ1) is 17.7. The van der Waals surface area contributed by atoms with Crippen LogP contribution in [0.3, 0.4) is 0 Å². The van der Waals surface area contributed by atoms with E-state index in [9.17, 15) is 18.0 Å². The number of benzene rings is 2. The molecule has 0 bridgehead atoms. The molecule has 1 aromatic heterocycles. The number of nitrogens with one attached hydrogen (secondary N) is 2. The van der Waals surface area contributed by atoms with Gasteiger partial charge in [-0.1, -0.05) is 81.8 Å². The molecule has 2 atom stereocenters. The van der Waals surface area contributed by atoms with Gasteiger partial charge in [0.1, 0.15) is 11.4 Å². The third-order valence-electron chi connectivity index (χ3n) is 7.54. The molecule has 4 rings (SSSR count). The minimum Gasteiger partial charge on any atom is -0.363 e. The largest absolute Gasteiger partial charge is 0.410 e. The Hall–Kier alpha value is -3.29. The monoisotopic (exact) mass is 512 g/mol. The lowest BCUT2D eigenvalue weighted by Crippen LogP contribution is -2.45. The molecule has 198 valence electrons. The fourth-order valence-electron chi connectivity index (χ4n) is 5.23. The quantitative estimate of drug-likeness (QED) is 0.316. The van der Waals surface area contributed by atoms with Crippen LogP contribution in [0.2, 0.25) is 0 Å². The summed E-state index contributed by atoms with van der Waals surface area (Å²) in [5.41, 5.74) is 2.41. The van der Waals surface area contributed by atoms with Crippen molar-refractivity contribution in [2.24, 2.45) is 0 Å². The Kier molecular flexibility index (Phi) is 7.95. The summed E-state index contributed by atoms with van der Waals surface area (Å²) in [6, 6.07) is 14.8. The van der Waals surface area contributed by atoms with Crippen molar-refractivity contribution in [2.75, 3.05) is 5.32 Å². The molecule has 2 aromatic carbocycles. The van der Waals surface area contributed by atoms with Crippen LogP contribution in [0.25, 0.3) is 0 Å². The number of aryl methyl sites for hydroxylation is 1. The van der Waals surface area contributed by atoms with Gasteiger partial charge in [-0.3, -0.25) is 4.79 Å². The number of hydrogen-bond acceptors (Lipinski definition) is 3. The second-order valence-electron chi connectivity index (χ2n) is 9.80. The standard InChI is InChI=1S/C29H35F3N4O/c1-4-7-12-20-13-11-16-22(17-20)28(5-2,6-3)35-27(37)23-19-33-36-25(29(30,31)32)18-24(34-26(23)36)21-14-9-8-10-15-21/h8-11,13-17,19,24-25,34H,4-7,12,18H2,1-3H3,(H,35,37). The molecule has 1 aliphatic heterocycles. The number of unbranched alkanes of at least 4 members (excludes halogenated alkanes) is 1. The zero-order valence-electron chi connectivity index (χ0n) is 21.6. The fraction of sp³-hybridized carbons (Fsp3) is 0.448. The first-order valence-electron chi connectivity index (χ1n) is 13.1. The van der Waals surface area contributed by atoms with E-state index in [2.05, 4.69) is 34.8 Å². The second-order valence-corrected chi connectivity index (χ2v) is 9.80. The Bertz CT molecular complexity index is 1200. The molecule has 5 nitrogen and oxygen atoms in total. The first kappa shape index (κ1) is 26.8. The normalized spacial score (nSPS) is 17.7. The third-order valence-corrected chi connectivity index (χ3v) is 7.54. The zero-order chi connectivity index (χ0) is 26.6. The predicted octanol–water partition coefficient (Wildman–Crippen LogP) is 7.33. The van der Waals surface area contributed by atoms with Gasteiger partial charge in [0.05, 0.1) is 17.8 Å². The Morgan fingerprint density at radius 3 is 2.46 bits per heavy atom. The molecule has 1 amide bonds. The molecule has 2 heterocycles. The summed E-state index contributed by atoms with van der Waals surface area (Å²) in [7, 11) is 0. The number of hydrogen-bond donors (Lipinski definition) is 2. The summed E-state index contributed by atoms with van der Waals surface area (Å²) in [5.74, 6) is -0.344. The number of carbonyl (C=O) groups excluding carboxylic acids is 1. The number of fused-ring (bicyclic) bond motifs is 1. The van der Waals surface area contributed by atoms with Crippen LogP contribution in [0.1, 0.15) is 92.0 Å². The molecule has 1 aliphatic rings. The van der Waals surface area contributed by atoms with E-state index in [0.717, 1.165) is 35.1 Å². The van der Waals surface area contributed by atoms with E-state index in [0.29, 0.717) is 12.8 Å². The lowest BCUT2D eigenvalue weighted by Gasteiger charge is -2.35. The van der Waals surface area contributed by atoms with E-state index < -0.39 is 29.7 Å². The third kappa shape index (κ3) is 5.53. The molecule has 0 radical (unpaired) electrons. The van der Waals surface area contributed by atoms with Crippen molar-refractivity contribution >= 4 is 11.7 Å².